The molecular weight excluding hydrogens is 239 g/mol. The molecule has 0 aliphatic rings. The van der Waals surface area contributed by atoms with Crippen LogP contribution in [0.3, 0.4) is 0 Å². The first-order chi connectivity index (χ1) is 7.86. The number of hydrogen-bond donors (Lipinski definition) is 0. The first kappa shape index (κ1) is 17.8. The molecule has 0 aromatic heterocycles. The van der Waals surface area contributed by atoms with E-state index >= 15 is 0 Å². The topological polar surface area (TPSA) is 3.24 Å². The van der Waals surface area contributed by atoms with Gasteiger partial charge in [0.25, 0.3) is 0 Å². The molecule has 0 heterocycles. The van der Waals surface area contributed by atoms with Crippen molar-refractivity contribution in [2.24, 2.45) is 11.3 Å². The first-order valence-corrected chi connectivity index (χ1v) is 6.65. The van der Waals surface area contributed by atoms with Crippen LogP contribution in [0, 0.1) is 11.3 Å². The van der Waals surface area contributed by atoms with Crippen LogP contribution in [0.15, 0.2) is 0 Å². The second-order valence-electron chi connectivity index (χ2n) is 6.84. The molecule has 18 heavy (non-hydrogen) atoms. The number of hydrogen-bond acceptors (Lipinski definition) is 1. The van der Waals surface area contributed by atoms with Gasteiger partial charge in [-0.15, -0.1) is 0 Å². The van der Waals surface area contributed by atoms with Crippen LogP contribution in [-0.4, -0.2) is 30.2 Å². The molecule has 0 bridgehead atoms. The summed E-state index contributed by atoms with van der Waals surface area (Å²) in [6.45, 7) is 11.5. The summed E-state index contributed by atoms with van der Waals surface area (Å²) >= 11 is 0. The lowest BCUT2D eigenvalue weighted by Gasteiger charge is -2.37. The molecule has 0 amide bonds. The van der Waals surface area contributed by atoms with Gasteiger partial charge in [-0.3, -0.25) is 4.90 Å². The summed E-state index contributed by atoms with van der Waals surface area (Å²) in [5, 5.41) is 0. The molecule has 110 valence electrons. The third-order valence-electron chi connectivity index (χ3n) is 3.41. The molecule has 0 aromatic rings. The Bertz CT molecular complexity index is 240. The smallest absolute Gasteiger partial charge is 0.292 e. The molecule has 4 heteroatoms. The quantitative estimate of drug-likeness (QED) is 0.696. The average Bonchev–Trinajstić information content (AvgIpc) is 2.09. The summed E-state index contributed by atoms with van der Waals surface area (Å²) in [5.41, 5.74) is 0.167. The van der Waals surface area contributed by atoms with Gasteiger partial charge in [0.2, 0.25) is 0 Å². The average molecular weight is 267 g/mol. The molecule has 0 saturated carbocycles. The molecule has 0 aromatic carbocycles. The van der Waals surface area contributed by atoms with Crippen LogP contribution in [0.2, 0.25) is 0 Å². The molecule has 0 unspecified atom stereocenters. The normalized spacial score (nSPS) is 17.3. The summed E-state index contributed by atoms with van der Waals surface area (Å²) in [4.78, 5) is 1.48. The van der Waals surface area contributed by atoms with Gasteiger partial charge >= 0.3 is 6.18 Å². The van der Waals surface area contributed by atoms with Crippen molar-refractivity contribution in [2.45, 2.75) is 72.6 Å². The van der Waals surface area contributed by atoms with Gasteiger partial charge < -0.3 is 0 Å². The zero-order chi connectivity index (χ0) is 14.7. The van der Waals surface area contributed by atoms with Gasteiger partial charge in [-0.05, 0) is 38.1 Å². The lowest BCUT2D eigenvalue weighted by molar-refractivity contribution is -0.196. The highest BCUT2D eigenvalue weighted by Gasteiger charge is 2.45. The Kier molecular flexibility index (Phi) is 6.18. The van der Waals surface area contributed by atoms with Crippen LogP contribution in [0.25, 0.3) is 0 Å². The molecule has 0 aliphatic heterocycles. The van der Waals surface area contributed by atoms with Crippen LogP contribution in [0.5, 0.6) is 0 Å². The summed E-state index contributed by atoms with van der Waals surface area (Å²) < 4.78 is 39.0. The molecule has 0 spiro atoms. The zero-order valence-corrected chi connectivity index (χ0v) is 12.7. The molecule has 0 aliphatic carbocycles. The SMILES string of the molecule is CC(C)[C@@H](N(C)[C@@H](C)CCC(C)(C)C)C(F)(F)F. The summed E-state index contributed by atoms with van der Waals surface area (Å²) in [5.74, 6) is -0.424. The Morgan fingerprint density at radius 1 is 1.00 bits per heavy atom. The van der Waals surface area contributed by atoms with Gasteiger partial charge in [-0.2, -0.15) is 13.2 Å². The van der Waals surface area contributed by atoms with Crippen LogP contribution >= 0.6 is 0 Å². The van der Waals surface area contributed by atoms with E-state index in [1.807, 2.05) is 6.92 Å². The highest BCUT2D eigenvalue weighted by Crippen LogP contribution is 2.32. The van der Waals surface area contributed by atoms with E-state index < -0.39 is 18.1 Å². The molecule has 1 nitrogen and oxygen atoms in total. The highest BCUT2D eigenvalue weighted by molar-refractivity contribution is 4.83. The van der Waals surface area contributed by atoms with Gasteiger partial charge in [0.15, 0.2) is 0 Å². The van der Waals surface area contributed by atoms with E-state index in [0.717, 1.165) is 12.8 Å². The van der Waals surface area contributed by atoms with Crippen LogP contribution in [-0.2, 0) is 0 Å². The predicted octanol–water partition coefficient (Wildman–Crippen LogP) is 4.72. The van der Waals surface area contributed by atoms with E-state index in [0.29, 0.717) is 0 Å². The maximum atomic E-state index is 13.0. The van der Waals surface area contributed by atoms with Crippen molar-refractivity contribution in [3.63, 3.8) is 0 Å². The molecule has 0 radical (unpaired) electrons. The molecule has 2 atom stereocenters. The van der Waals surface area contributed by atoms with Crippen LogP contribution < -0.4 is 0 Å². The third-order valence-corrected chi connectivity index (χ3v) is 3.41. The standard InChI is InChI=1S/C14H28F3N/c1-10(2)12(14(15,16)17)18(7)11(3)8-9-13(4,5)6/h10-12H,8-9H2,1-7H3/t11-,12+/m0/s1. The Morgan fingerprint density at radius 3 is 1.72 bits per heavy atom. The van der Waals surface area contributed by atoms with Crippen molar-refractivity contribution in [2.75, 3.05) is 7.05 Å². The Labute approximate surface area is 110 Å². The molecule has 0 saturated heterocycles. The van der Waals surface area contributed by atoms with Crippen LogP contribution in [0.4, 0.5) is 13.2 Å². The summed E-state index contributed by atoms with van der Waals surface area (Å²) in [6.07, 6.45) is -2.43. The van der Waals surface area contributed by atoms with E-state index in [1.165, 1.54) is 4.90 Å². The van der Waals surface area contributed by atoms with Crippen molar-refractivity contribution < 1.29 is 13.2 Å². The monoisotopic (exact) mass is 267 g/mol. The van der Waals surface area contributed by atoms with Gasteiger partial charge in [-0.25, -0.2) is 0 Å². The number of rotatable bonds is 5. The third kappa shape index (κ3) is 6.07. The van der Waals surface area contributed by atoms with Crippen LogP contribution in [0.1, 0.15) is 54.4 Å². The number of nitrogens with zero attached hydrogens (tertiary/aromatic N) is 1. The van der Waals surface area contributed by atoms with Gasteiger partial charge in [-0.1, -0.05) is 34.6 Å². The predicted molar refractivity (Wildman–Crippen MR) is 70.6 cm³/mol. The van der Waals surface area contributed by atoms with E-state index in [4.69, 9.17) is 0 Å². The summed E-state index contributed by atoms with van der Waals surface area (Å²) in [6, 6.07) is -1.41. The largest absolute Gasteiger partial charge is 0.404 e. The minimum absolute atomic E-state index is 0.0572. The first-order valence-electron chi connectivity index (χ1n) is 6.65. The van der Waals surface area contributed by atoms with E-state index in [-0.39, 0.29) is 11.5 Å². The van der Waals surface area contributed by atoms with Crippen molar-refractivity contribution >= 4 is 0 Å². The van der Waals surface area contributed by atoms with Crippen molar-refractivity contribution in [1.82, 2.24) is 4.90 Å². The number of halogens is 3. The zero-order valence-electron chi connectivity index (χ0n) is 12.7. The van der Waals surface area contributed by atoms with Crippen molar-refractivity contribution in [3.05, 3.63) is 0 Å². The minimum Gasteiger partial charge on any atom is -0.292 e. The Morgan fingerprint density at radius 2 is 1.44 bits per heavy atom. The number of alkyl halides is 3. The maximum Gasteiger partial charge on any atom is 0.404 e. The fourth-order valence-electron chi connectivity index (χ4n) is 2.20. The lowest BCUT2D eigenvalue weighted by Crippen LogP contribution is -2.50. The fraction of sp³-hybridized carbons (Fsp3) is 1.00. The molecular formula is C14H28F3N. The summed E-state index contributed by atoms with van der Waals surface area (Å²) in [7, 11) is 1.59. The molecule has 0 N–H and O–H groups in total. The highest BCUT2D eigenvalue weighted by atomic mass is 19.4. The van der Waals surface area contributed by atoms with Gasteiger partial charge in [0.1, 0.15) is 6.04 Å². The van der Waals surface area contributed by atoms with Crippen molar-refractivity contribution in [1.29, 1.82) is 0 Å². The maximum absolute atomic E-state index is 13.0. The van der Waals surface area contributed by atoms with E-state index in [2.05, 4.69) is 20.8 Å². The van der Waals surface area contributed by atoms with E-state index in [9.17, 15) is 13.2 Å². The Hall–Kier alpha value is -0.250. The van der Waals surface area contributed by atoms with E-state index in [1.54, 1.807) is 20.9 Å². The lowest BCUT2D eigenvalue weighted by atomic mass is 9.88. The molecule has 0 rings (SSSR count). The van der Waals surface area contributed by atoms with Gasteiger partial charge in [0, 0.05) is 6.04 Å². The fourth-order valence-corrected chi connectivity index (χ4v) is 2.20. The second-order valence-corrected chi connectivity index (χ2v) is 6.84. The van der Waals surface area contributed by atoms with Crippen molar-refractivity contribution in [3.8, 4) is 0 Å². The Balaban J connectivity index is 4.63. The molecule has 0 fully saturated rings. The second kappa shape index (κ2) is 6.27. The van der Waals surface area contributed by atoms with Gasteiger partial charge in [0.05, 0.1) is 0 Å². The minimum atomic E-state index is -4.15.